The molecule has 5 rings (SSSR count). The van der Waals surface area contributed by atoms with Crippen LogP contribution in [-0.4, -0.2) is 38.3 Å². The van der Waals surface area contributed by atoms with Crippen molar-refractivity contribution in [2.24, 2.45) is 5.92 Å². The summed E-state index contributed by atoms with van der Waals surface area (Å²) < 4.78 is 11.0. The molecule has 4 heteroatoms. The Morgan fingerprint density at radius 2 is 1.81 bits per heavy atom. The third-order valence-electron chi connectivity index (χ3n) is 5.97. The van der Waals surface area contributed by atoms with Crippen molar-refractivity contribution in [2.45, 2.75) is 31.5 Å². The van der Waals surface area contributed by atoms with Crippen LogP contribution in [-0.2, 0) is 6.54 Å². The molecule has 4 nitrogen and oxygen atoms in total. The summed E-state index contributed by atoms with van der Waals surface area (Å²) in [6, 6.07) is 17.7. The van der Waals surface area contributed by atoms with Gasteiger partial charge in [0.25, 0.3) is 0 Å². The van der Waals surface area contributed by atoms with Crippen molar-refractivity contribution in [3.63, 3.8) is 0 Å². The fraction of sp³-hybridized carbons (Fsp3) is 0.455. The van der Waals surface area contributed by atoms with Crippen LogP contribution in [0.2, 0.25) is 0 Å². The van der Waals surface area contributed by atoms with Gasteiger partial charge in [0.2, 0.25) is 0 Å². The van der Waals surface area contributed by atoms with Crippen molar-refractivity contribution < 1.29 is 9.47 Å². The molecule has 3 aliphatic heterocycles. The molecule has 2 bridgehead atoms. The van der Waals surface area contributed by atoms with Gasteiger partial charge in [0.15, 0.2) is 0 Å². The number of methoxy groups -OCH3 is 2. The number of rotatable bonds is 6. The lowest BCUT2D eigenvalue weighted by Gasteiger charge is -2.51. The van der Waals surface area contributed by atoms with Crippen LogP contribution in [0.4, 0.5) is 0 Å². The Morgan fingerprint density at radius 1 is 1.00 bits per heavy atom. The van der Waals surface area contributed by atoms with Crippen molar-refractivity contribution >= 4 is 0 Å². The molecule has 3 fully saturated rings. The molecule has 3 heterocycles. The molecule has 0 aliphatic carbocycles. The van der Waals surface area contributed by atoms with E-state index in [-0.39, 0.29) is 0 Å². The number of para-hydroxylation sites is 1. The Bertz CT molecular complexity index is 740. The van der Waals surface area contributed by atoms with E-state index >= 15 is 0 Å². The van der Waals surface area contributed by atoms with Crippen molar-refractivity contribution in [2.75, 3.05) is 27.3 Å². The first-order chi connectivity index (χ1) is 12.8. The van der Waals surface area contributed by atoms with E-state index in [9.17, 15) is 0 Å². The number of hydrogen-bond donors (Lipinski definition) is 1. The maximum absolute atomic E-state index is 5.52. The number of benzene rings is 2. The molecule has 0 saturated carbocycles. The van der Waals surface area contributed by atoms with E-state index in [2.05, 4.69) is 40.5 Å². The predicted octanol–water partition coefficient (Wildman–Crippen LogP) is 3.63. The highest BCUT2D eigenvalue weighted by molar-refractivity contribution is 5.34. The quantitative estimate of drug-likeness (QED) is 0.861. The van der Waals surface area contributed by atoms with Crippen molar-refractivity contribution in [1.82, 2.24) is 10.2 Å². The third-order valence-corrected chi connectivity index (χ3v) is 5.97. The monoisotopic (exact) mass is 352 g/mol. The maximum Gasteiger partial charge on any atom is 0.123 e. The Morgan fingerprint density at radius 3 is 2.58 bits per heavy atom. The Kier molecular flexibility index (Phi) is 5.14. The molecule has 0 unspecified atom stereocenters. The second-order valence-corrected chi connectivity index (χ2v) is 7.31. The van der Waals surface area contributed by atoms with E-state index in [0.717, 1.165) is 24.0 Å². The van der Waals surface area contributed by atoms with E-state index in [0.29, 0.717) is 12.1 Å². The number of fused-ring (bicyclic) bond motifs is 3. The summed E-state index contributed by atoms with van der Waals surface area (Å²) >= 11 is 0. The number of hydrogen-bond acceptors (Lipinski definition) is 4. The van der Waals surface area contributed by atoms with Crippen LogP contribution in [0, 0.1) is 5.92 Å². The SMILES string of the molecule is COc1cccc([C@H]2[C@@H](NCc3ccccc3OC)C3CCN2CC3)c1. The Labute approximate surface area is 156 Å². The lowest BCUT2D eigenvalue weighted by molar-refractivity contribution is 0.0111. The minimum atomic E-state index is 0.410. The van der Waals surface area contributed by atoms with Crippen molar-refractivity contribution in [1.29, 1.82) is 0 Å². The van der Waals surface area contributed by atoms with Crippen molar-refractivity contribution in [3.05, 3.63) is 59.7 Å². The minimum Gasteiger partial charge on any atom is -0.497 e. The molecule has 138 valence electrons. The van der Waals surface area contributed by atoms with Gasteiger partial charge in [-0.3, -0.25) is 4.90 Å². The van der Waals surface area contributed by atoms with Crippen LogP contribution in [0.3, 0.4) is 0 Å². The summed E-state index contributed by atoms with van der Waals surface area (Å²) in [7, 11) is 3.48. The summed E-state index contributed by atoms with van der Waals surface area (Å²) in [5, 5.41) is 3.87. The van der Waals surface area contributed by atoms with Gasteiger partial charge < -0.3 is 14.8 Å². The summed E-state index contributed by atoms with van der Waals surface area (Å²) in [4.78, 5) is 2.63. The molecular formula is C22H28N2O2. The van der Waals surface area contributed by atoms with Gasteiger partial charge in [-0.1, -0.05) is 30.3 Å². The van der Waals surface area contributed by atoms with Gasteiger partial charge in [0, 0.05) is 18.2 Å². The Balaban J connectivity index is 1.57. The van der Waals surface area contributed by atoms with Gasteiger partial charge >= 0.3 is 0 Å². The zero-order valence-corrected chi connectivity index (χ0v) is 15.7. The minimum absolute atomic E-state index is 0.410. The van der Waals surface area contributed by atoms with Gasteiger partial charge in [-0.25, -0.2) is 0 Å². The van der Waals surface area contributed by atoms with E-state index in [4.69, 9.17) is 9.47 Å². The average molecular weight is 352 g/mol. The zero-order chi connectivity index (χ0) is 17.9. The molecule has 2 aromatic carbocycles. The topological polar surface area (TPSA) is 33.7 Å². The van der Waals surface area contributed by atoms with Gasteiger partial charge in [-0.2, -0.15) is 0 Å². The molecule has 0 radical (unpaired) electrons. The Hall–Kier alpha value is -2.04. The van der Waals surface area contributed by atoms with E-state index in [1.807, 2.05) is 18.2 Å². The van der Waals surface area contributed by atoms with Crippen LogP contribution in [0.25, 0.3) is 0 Å². The molecule has 0 aromatic heterocycles. The third kappa shape index (κ3) is 3.31. The van der Waals surface area contributed by atoms with Crippen LogP contribution in [0.1, 0.15) is 30.0 Å². The lowest BCUT2D eigenvalue weighted by Crippen LogP contribution is -2.57. The lowest BCUT2D eigenvalue weighted by atomic mass is 9.76. The van der Waals surface area contributed by atoms with E-state index < -0.39 is 0 Å². The van der Waals surface area contributed by atoms with Gasteiger partial charge in [0.1, 0.15) is 11.5 Å². The summed E-state index contributed by atoms with van der Waals surface area (Å²) in [6.07, 6.45) is 2.56. The molecule has 0 spiro atoms. The van der Waals surface area contributed by atoms with Crippen molar-refractivity contribution in [3.8, 4) is 11.5 Å². The largest absolute Gasteiger partial charge is 0.497 e. The van der Waals surface area contributed by atoms with Crippen LogP contribution in [0.15, 0.2) is 48.5 Å². The molecule has 0 amide bonds. The van der Waals surface area contributed by atoms with Gasteiger partial charge in [0.05, 0.1) is 20.3 Å². The molecular weight excluding hydrogens is 324 g/mol. The summed E-state index contributed by atoms with van der Waals surface area (Å²) in [6.45, 7) is 3.22. The van der Waals surface area contributed by atoms with Crippen LogP contribution in [0.5, 0.6) is 11.5 Å². The normalized spacial score (nSPS) is 27.3. The predicted molar refractivity (Wildman–Crippen MR) is 104 cm³/mol. The highest BCUT2D eigenvalue weighted by Crippen LogP contribution is 2.41. The number of piperidine rings is 3. The fourth-order valence-corrected chi connectivity index (χ4v) is 4.64. The second-order valence-electron chi connectivity index (χ2n) is 7.31. The molecule has 1 N–H and O–H groups in total. The van der Waals surface area contributed by atoms with E-state index in [1.54, 1.807) is 14.2 Å². The van der Waals surface area contributed by atoms with Gasteiger partial charge in [-0.05, 0) is 55.6 Å². The van der Waals surface area contributed by atoms with Crippen LogP contribution >= 0.6 is 0 Å². The molecule has 26 heavy (non-hydrogen) atoms. The summed E-state index contributed by atoms with van der Waals surface area (Å²) in [5.74, 6) is 2.62. The molecule has 3 saturated heterocycles. The zero-order valence-electron chi connectivity index (χ0n) is 15.7. The first-order valence-electron chi connectivity index (χ1n) is 9.53. The standard InChI is InChI=1S/C22H28N2O2/c1-25-19-8-5-7-17(14-19)22-21(16-10-12-24(22)13-11-16)23-15-18-6-3-4-9-20(18)26-2/h3-9,14,16,21-23H,10-13,15H2,1-2H3/t21-,22-/m0/s1. The number of nitrogens with one attached hydrogen (secondary N) is 1. The number of ether oxygens (including phenoxy) is 2. The first kappa shape index (κ1) is 17.4. The smallest absolute Gasteiger partial charge is 0.123 e. The molecule has 2 aromatic rings. The molecule has 2 atom stereocenters. The number of nitrogens with zero attached hydrogens (tertiary/aromatic N) is 1. The highest BCUT2D eigenvalue weighted by atomic mass is 16.5. The van der Waals surface area contributed by atoms with Crippen LogP contribution < -0.4 is 14.8 Å². The fourth-order valence-electron chi connectivity index (χ4n) is 4.64. The average Bonchev–Trinajstić information content (AvgIpc) is 2.73. The first-order valence-corrected chi connectivity index (χ1v) is 9.53. The highest BCUT2D eigenvalue weighted by Gasteiger charge is 2.42. The molecule has 3 aliphatic rings. The maximum atomic E-state index is 5.52. The van der Waals surface area contributed by atoms with Gasteiger partial charge in [-0.15, -0.1) is 0 Å². The van der Waals surface area contributed by atoms with E-state index in [1.165, 1.54) is 37.1 Å². The second kappa shape index (κ2) is 7.68. The summed E-state index contributed by atoms with van der Waals surface area (Å²) in [5.41, 5.74) is 2.57.